The third kappa shape index (κ3) is 4.59. The Balaban J connectivity index is 1.91. The van der Waals surface area contributed by atoms with Gasteiger partial charge < -0.3 is 9.72 Å². The molecule has 0 radical (unpaired) electrons. The molecular weight excluding hydrogens is 428 g/mol. The van der Waals surface area contributed by atoms with Crippen LogP contribution in [0.25, 0.3) is 10.9 Å². The van der Waals surface area contributed by atoms with Crippen molar-refractivity contribution < 1.29 is 4.74 Å². The van der Waals surface area contributed by atoms with E-state index in [-0.39, 0.29) is 11.1 Å². The number of hydrogen-bond acceptors (Lipinski definition) is 6. The maximum absolute atomic E-state index is 13.5. The van der Waals surface area contributed by atoms with E-state index in [0.717, 1.165) is 22.9 Å². The molecule has 8 heteroatoms. The van der Waals surface area contributed by atoms with Crippen molar-refractivity contribution in [3.05, 3.63) is 81.9 Å². The third-order valence-electron chi connectivity index (χ3n) is 6.55. The number of pyridine rings is 1. The number of H-pyrrole nitrogens is 1. The second-order valence-electron chi connectivity index (χ2n) is 9.07. The Kier molecular flexibility index (Phi) is 6.79. The average Bonchev–Trinajstić information content (AvgIpc) is 3.34. The zero-order valence-electron chi connectivity index (χ0n) is 20.4. The minimum Gasteiger partial charge on any atom is -0.497 e. The van der Waals surface area contributed by atoms with Crippen molar-refractivity contribution >= 4 is 10.9 Å². The normalized spacial score (nSPS) is 12.9. The van der Waals surface area contributed by atoms with Crippen molar-refractivity contribution in [2.24, 2.45) is 0 Å². The average molecular weight is 461 g/mol. The lowest BCUT2D eigenvalue weighted by Crippen LogP contribution is -2.38. The SMILES string of the molecule is CCN(Cc1ccccc1)[C@@H](c1cc2ccc(OC)cc2[nH]c1=O)c1nnnn1C(C)(C)CC. The van der Waals surface area contributed by atoms with Gasteiger partial charge in [0.2, 0.25) is 0 Å². The number of hydrogen-bond donors (Lipinski definition) is 1. The molecule has 0 unspecified atom stereocenters. The first kappa shape index (κ1) is 23.6. The summed E-state index contributed by atoms with van der Waals surface area (Å²) in [5.41, 5.74) is 2.02. The second kappa shape index (κ2) is 9.77. The number of methoxy groups -OCH3 is 1. The molecule has 0 aliphatic carbocycles. The molecule has 0 aliphatic rings. The molecule has 1 atom stereocenters. The third-order valence-corrected chi connectivity index (χ3v) is 6.55. The lowest BCUT2D eigenvalue weighted by Gasteiger charge is -2.33. The van der Waals surface area contributed by atoms with Gasteiger partial charge >= 0.3 is 0 Å². The molecule has 34 heavy (non-hydrogen) atoms. The molecule has 178 valence electrons. The van der Waals surface area contributed by atoms with Gasteiger partial charge in [0, 0.05) is 18.2 Å². The smallest absolute Gasteiger partial charge is 0.253 e. The van der Waals surface area contributed by atoms with Crippen LogP contribution in [0.4, 0.5) is 0 Å². The van der Waals surface area contributed by atoms with Crippen molar-refractivity contribution in [1.29, 1.82) is 0 Å². The van der Waals surface area contributed by atoms with Crippen LogP contribution < -0.4 is 10.3 Å². The van der Waals surface area contributed by atoms with E-state index in [2.05, 4.69) is 65.2 Å². The van der Waals surface area contributed by atoms with E-state index in [9.17, 15) is 4.79 Å². The molecule has 0 fully saturated rings. The molecule has 0 spiro atoms. The van der Waals surface area contributed by atoms with Gasteiger partial charge in [-0.1, -0.05) is 44.2 Å². The first-order chi connectivity index (χ1) is 16.4. The van der Waals surface area contributed by atoms with Crippen LogP contribution in [0, 0.1) is 0 Å². The molecule has 8 nitrogen and oxygen atoms in total. The zero-order chi connectivity index (χ0) is 24.3. The Morgan fingerprint density at radius 1 is 1.12 bits per heavy atom. The number of nitrogens with zero attached hydrogens (tertiary/aromatic N) is 5. The first-order valence-corrected chi connectivity index (χ1v) is 11.7. The Labute approximate surface area is 199 Å². The van der Waals surface area contributed by atoms with Crippen LogP contribution in [0.1, 0.15) is 57.1 Å². The summed E-state index contributed by atoms with van der Waals surface area (Å²) >= 11 is 0. The maximum atomic E-state index is 13.5. The molecule has 2 heterocycles. The molecule has 1 N–H and O–H groups in total. The number of ether oxygens (including phenoxy) is 1. The predicted molar refractivity (Wildman–Crippen MR) is 133 cm³/mol. The molecule has 4 aromatic rings. The Morgan fingerprint density at radius 2 is 1.88 bits per heavy atom. The molecule has 0 saturated carbocycles. The van der Waals surface area contributed by atoms with Gasteiger partial charge in [-0.2, -0.15) is 0 Å². The predicted octanol–water partition coefficient (Wildman–Crippen LogP) is 4.28. The van der Waals surface area contributed by atoms with Crippen molar-refractivity contribution in [2.45, 2.75) is 52.2 Å². The van der Waals surface area contributed by atoms with Gasteiger partial charge in [0.25, 0.3) is 5.56 Å². The minimum absolute atomic E-state index is 0.166. The van der Waals surface area contributed by atoms with Gasteiger partial charge in [0.15, 0.2) is 5.82 Å². The lowest BCUT2D eigenvalue weighted by molar-refractivity contribution is 0.197. The van der Waals surface area contributed by atoms with E-state index >= 15 is 0 Å². The summed E-state index contributed by atoms with van der Waals surface area (Å²) in [7, 11) is 1.61. The van der Waals surface area contributed by atoms with Crippen LogP contribution in [0.5, 0.6) is 5.75 Å². The molecule has 2 aromatic carbocycles. The number of benzene rings is 2. The zero-order valence-corrected chi connectivity index (χ0v) is 20.4. The quantitative estimate of drug-likeness (QED) is 0.401. The van der Waals surface area contributed by atoms with Gasteiger partial charge in [0.05, 0.1) is 18.2 Å². The second-order valence-corrected chi connectivity index (χ2v) is 9.07. The van der Waals surface area contributed by atoms with Gasteiger partial charge in [-0.25, -0.2) is 4.68 Å². The highest BCUT2D eigenvalue weighted by Gasteiger charge is 2.33. The maximum Gasteiger partial charge on any atom is 0.253 e. The molecule has 4 rings (SSSR count). The molecule has 0 bridgehead atoms. The summed E-state index contributed by atoms with van der Waals surface area (Å²) in [6, 6.07) is 17.4. The highest BCUT2D eigenvalue weighted by Crippen LogP contribution is 2.31. The van der Waals surface area contributed by atoms with E-state index in [1.165, 1.54) is 0 Å². The van der Waals surface area contributed by atoms with E-state index in [0.29, 0.717) is 30.2 Å². The molecule has 2 aromatic heterocycles. The Morgan fingerprint density at radius 3 is 2.56 bits per heavy atom. The highest BCUT2D eigenvalue weighted by molar-refractivity contribution is 5.80. The van der Waals surface area contributed by atoms with Gasteiger partial charge in [-0.15, -0.1) is 5.10 Å². The topological polar surface area (TPSA) is 88.9 Å². The van der Waals surface area contributed by atoms with E-state index in [4.69, 9.17) is 4.74 Å². The van der Waals surface area contributed by atoms with Gasteiger partial charge in [-0.3, -0.25) is 9.69 Å². The van der Waals surface area contributed by atoms with Gasteiger partial charge in [0.1, 0.15) is 11.8 Å². The number of nitrogens with one attached hydrogen (secondary N) is 1. The molecule has 0 saturated heterocycles. The minimum atomic E-state index is -0.429. The van der Waals surface area contributed by atoms with Crippen molar-refractivity contribution in [1.82, 2.24) is 30.1 Å². The molecular formula is C26H32N6O2. The fourth-order valence-corrected chi connectivity index (χ4v) is 4.18. The summed E-state index contributed by atoms with van der Waals surface area (Å²) in [5, 5.41) is 13.7. The van der Waals surface area contributed by atoms with E-state index < -0.39 is 6.04 Å². The fourth-order valence-electron chi connectivity index (χ4n) is 4.18. The van der Waals surface area contributed by atoms with E-state index in [1.54, 1.807) is 7.11 Å². The van der Waals surface area contributed by atoms with E-state index in [1.807, 2.05) is 47.1 Å². The van der Waals surface area contributed by atoms with Crippen LogP contribution in [-0.4, -0.2) is 43.7 Å². The lowest BCUT2D eigenvalue weighted by atomic mass is 9.99. The summed E-state index contributed by atoms with van der Waals surface area (Å²) in [6.45, 7) is 9.77. The highest BCUT2D eigenvalue weighted by atomic mass is 16.5. The summed E-state index contributed by atoms with van der Waals surface area (Å²) in [6.07, 6.45) is 0.844. The van der Waals surface area contributed by atoms with Crippen molar-refractivity contribution in [3.63, 3.8) is 0 Å². The largest absolute Gasteiger partial charge is 0.497 e. The number of fused-ring (bicyclic) bond motifs is 1. The Hall–Kier alpha value is -3.52. The van der Waals surface area contributed by atoms with Crippen LogP contribution >= 0.6 is 0 Å². The summed E-state index contributed by atoms with van der Waals surface area (Å²) < 4.78 is 7.19. The number of aromatic amines is 1. The number of tetrazole rings is 1. The van der Waals surface area contributed by atoms with Crippen LogP contribution in [0.15, 0.2) is 59.4 Å². The van der Waals surface area contributed by atoms with Crippen LogP contribution in [-0.2, 0) is 12.1 Å². The van der Waals surface area contributed by atoms with Crippen molar-refractivity contribution in [2.75, 3.05) is 13.7 Å². The molecule has 0 aliphatic heterocycles. The van der Waals surface area contributed by atoms with Crippen LogP contribution in [0.2, 0.25) is 0 Å². The first-order valence-electron chi connectivity index (χ1n) is 11.7. The Bertz CT molecular complexity index is 1310. The number of rotatable bonds is 9. The molecule has 0 amide bonds. The van der Waals surface area contributed by atoms with Crippen molar-refractivity contribution in [3.8, 4) is 5.75 Å². The van der Waals surface area contributed by atoms with Gasteiger partial charge in [-0.05, 0) is 66.4 Å². The standard InChI is InChI=1S/C26H32N6O2/c1-6-26(3,4)32-24(28-29-30-32)23(31(7-2)17-18-11-9-8-10-12-18)21-15-19-13-14-20(34-5)16-22(19)27-25(21)33/h8-16,23H,6-7,17H2,1-5H3,(H,27,33)/t23-/m0/s1. The fraction of sp³-hybridized carbons (Fsp3) is 0.385. The monoisotopic (exact) mass is 460 g/mol. The number of aromatic nitrogens is 5. The van der Waals surface area contributed by atoms with Crippen LogP contribution in [0.3, 0.4) is 0 Å². The summed E-state index contributed by atoms with van der Waals surface area (Å²) in [5.74, 6) is 1.35. The summed E-state index contributed by atoms with van der Waals surface area (Å²) in [4.78, 5) is 18.8.